The molecule has 2 aromatic carbocycles. The zero-order chi connectivity index (χ0) is 19.6. The van der Waals surface area contributed by atoms with Crippen LogP contribution in [0.25, 0.3) is 21.8 Å². The van der Waals surface area contributed by atoms with Crippen molar-refractivity contribution in [2.24, 2.45) is 0 Å². The summed E-state index contributed by atoms with van der Waals surface area (Å²) in [5.41, 5.74) is 3.31. The first-order valence-corrected chi connectivity index (χ1v) is 11.1. The maximum atomic E-state index is 5.93. The van der Waals surface area contributed by atoms with E-state index >= 15 is 0 Å². The third kappa shape index (κ3) is 7.73. The van der Waals surface area contributed by atoms with Crippen LogP contribution in [-0.4, -0.2) is 41.6 Å². The van der Waals surface area contributed by atoms with Crippen LogP contribution in [0.3, 0.4) is 0 Å². The summed E-state index contributed by atoms with van der Waals surface area (Å²) in [5, 5.41) is 3.17. The van der Waals surface area contributed by atoms with Crippen LogP contribution in [0, 0.1) is 0 Å². The lowest BCUT2D eigenvalue weighted by Gasteiger charge is -2.20. The Morgan fingerprint density at radius 2 is 1.53 bits per heavy atom. The van der Waals surface area contributed by atoms with E-state index in [2.05, 4.69) is 48.4 Å². The van der Waals surface area contributed by atoms with Crippen LogP contribution in [0.15, 0.2) is 60.0 Å². The van der Waals surface area contributed by atoms with Gasteiger partial charge in [0.05, 0.1) is 12.3 Å². The summed E-state index contributed by atoms with van der Waals surface area (Å²) in [6.45, 7) is 8.72. The number of nitrogens with zero attached hydrogens (tertiary/aromatic N) is 2. The minimum Gasteiger partial charge on any atom is -0.494 e. The lowest BCUT2D eigenvalue weighted by atomic mass is 10.1. The first-order valence-electron chi connectivity index (χ1n) is 10.3. The molecule has 30 heavy (non-hydrogen) atoms. The number of thiazole rings is 1. The predicted octanol–water partition coefficient (Wildman–Crippen LogP) is 5.97. The zero-order valence-corrected chi connectivity index (χ0v) is 19.5. The molecular formula is C24H33ClN2O2S. The van der Waals surface area contributed by atoms with Gasteiger partial charge in [0.25, 0.3) is 0 Å². The van der Waals surface area contributed by atoms with E-state index in [9.17, 15) is 0 Å². The van der Waals surface area contributed by atoms with Gasteiger partial charge in [-0.05, 0) is 56.6 Å². The largest absolute Gasteiger partial charge is 0.494 e. The van der Waals surface area contributed by atoms with Crippen molar-refractivity contribution >= 4 is 23.7 Å². The fourth-order valence-corrected chi connectivity index (χ4v) is 4.12. The monoisotopic (exact) mass is 448 g/mol. The minimum atomic E-state index is 0. The Labute approximate surface area is 190 Å². The third-order valence-electron chi connectivity index (χ3n) is 4.64. The molecular weight excluding hydrogens is 416 g/mol. The Morgan fingerprint density at radius 1 is 0.867 bits per heavy atom. The molecule has 0 aliphatic carbocycles. The highest BCUT2D eigenvalue weighted by molar-refractivity contribution is 7.13. The highest BCUT2D eigenvalue weighted by Crippen LogP contribution is 2.29. The summed E-state index contributed by atoms with van der Waals surface area (Å²) in [6.07, 6.45) is 3.49. The molecule has 0 unspecified atom stereocenters. The van der Waals surface area contributed by atoms with Gasteiger partial charge in [-0.2, -0.15) is 0 Å². The number of hydrogen-bond acceptors (Lipinski definition) is 4. The van der Waals surface area contributed by atoms with Crippen LogP contribution >= 0.6 is 23.7 Å². The van der Waals surface area contributed by atoms with E-state index in [0.29, 0.717) is 0 Å². The molecule has 3 rings (SSSR count). The molecule has 4 nitrogen and oxygen atoms in total. The Morgan fingerprint density at radius 3 is 2.17 bits per heavy atom. The highest BCUT2D eigenvalue weighted by Gasteiger charge is 2.07. The van der Waals surface area contributed by atoms with Crippen molar-refractivity contribution in [3.8, 4) is 27.6 Å². The van der Waals surface area contributed by atoms with Gasteiger partial charge in [0.2, 0.25) is 0 Å². The van der Waals surface area contributed by atoms with Crippen LogP contribution in [-0.2, 0) is 0 Å². The molecule has 0 amide bonds. The molecule has 0 saturated heterocycles. The van der Waals surface area contributed by atoms with Crippen molar-refractivity contribution in [2.75, 3.05) is 26.2 Å². The van der Waals surface area contributed by atoms with Crippen molar-refractivity contribution in [3.63, 3.8) is 0 Å². The normalized spacial score (nSPS) is 10.4. The second-order valence-electron chi connectivity index (χ2n) is 6.97. The molecule has 0 saturated carbocycles. The zero-order valence-electron chi connectivity index (χ0n) is 17.8. The molecule has 0 radical (unpaired) electrons. The molecule has 0 spiro atoms. The van der Waals surface area contributed by atoms with E-state index in [-0.39, 0.29) is 17.9 Å². The summed E-state index contributed by atoms with van der Waals surface area (Å²) in [4.78, 5) is 7.31. The summed E-state index contributed by atoms with van der Waals surface area (Å²) < 4.78 is 5.93. The smallest absolute Gasteiger partial charge is 0.124 e. The van der Waals surface area contributed by atoms with E-state index in [1.165, 1.54) is 31.5 Å². The average molecular weight is 449 g/mol. The van der Waals surface area contributed by atoms with Crippen molar-refractivity contribution in [1.29, 1.82) is 0 Å². The summed E-state index contributed by atoms with van der Waals surface area (Å²) in [5.74, 6) is 0.930. The van der Waals surface area contributed by atoms with E-state index in [4.69, 9.17) is 9.72 Å². The van der Waals surface area contributed by atoms with Gasteiger partial charge in [0, 0.05) is 23.1 Å². The molecule has 3 aromatic rings. The number of aromatic nitrogens is 1. The molecule has 0 atom stereocenters. The molecule has 0 aliphatic heterocycles. The van der Waals surface area contributed by atoms with Gasteiger partial charge < -0.3 is 15.1 Å². The maximum absolute atomic E-state index is 5.93. The number of rotatable bonds is 11. The van der Waals surface area contributed by atoms with Crippen molar-refractivity contribution in [2.45, 2.75) is 33.1 Å². The molecule has 0 aliphatic rings. The van der Waals surface area contributed by atoms with Gasteiger partial charge in [0.15, 0.2) is 0 Å². The van der Waals surface area contributed by atoms with Gasteiger partial charge in [-0.1, -0.05) is 44.2 Å². The van der Waals surface area contributed by atoms with E-state index in [1.807, 2.05) is 30.3 Å². The van der Waals surface area contributed by atoms with Crippen LogP contribution in [0.1, 0.15) is 33.1 Å². The standard InChI is InChI=1S/C24H30N2OS.ClH.H2O/c1-3-15-26(16-4-2)17-8-18-27-22-13-11-20(12-14-22)23-19-28-24(25-23)21-9-6-5-7-10-21;;/h5-7,9-14,19H,3-4,8,15-18H2,1-2H3;1H;1H2. The van der Waals surface area contributed by atoms with Gasteiger partial charge in [0.1, 0.15) is 10.8 Å². The van der Waals surface area contributed by atoms with Crippen LogP contribution in [0.4, 0.5) is 0 Å². The van der Waals surface area contributed by atoms with E-state index < -0.39 is 0 Å². The molecule has 164 valence electrons. The fraction of sp³-hybridized carbons (Fsp3) is 0.375. The summed E-state index contributed by atoms with van der Waals surface area (Å²) in [6, 6.07) is 18.6. The fourth-order valence-electron chi connectivity index (χ4n) is 3.29. The second-order valence-corrected chi connectivity index (χ2v) is 7.83. The topological polar surface area (TPSA) is 56.9 Å². The number of benzene rings is 2. The lowest BCUT2D eigenvalue weighted by molar-refractivity contribution is 0.234. The molecule has 2 N–H and O–H groups in total. The first-order chi connectivity index (χ1) is 13.8. The van der Waals surface area contributed by atoms with Gasteiger partial charge >= 0.3 is 0 Å². The van der Waals surface area contributed by atoms with Crippen LogP contribution in [0.2, 0.25) is 0 Å². The molecule has 1 aromatic heterocycles. The third-order valence-corrected chi connectivity index (χ3v) is 5.53. The Kier molecular flexibility index (Phi) is 12.3. The van der Waals surface area contributed by atoms with Crippen molar-refractivity contribution < 1.29 is 10.2 Å². The van der Waals surface area contributed by atoms with E-state index in [1.54, 1.807) is 11.3 Å². The average Bonchev–Trinajstić information content (AvgIpc) is 3.23. The number of hydrogen-bond donors (Lipinski definition) is 0. The quantitative estimate of drug-likeness (QED) is 0.340. The minimum absolute atomic E-state index is 0. The van der Waals surface area contributed by atoms with Crippen molar-refractivity contribution in [1.82, 2.24) is 9.88 Å². The molecule has 0 bridgehead atoms. The number of halogens is 1. The predicted molar refractivity (Wildman–Crippen MR) is 131 cm³/mol. The lowest BCUT2D eigenvalue weighted by Crippen LogP contribution is -2.27. The Balaban J connectivity index is 0.00000225. The van der Waals surface area contributed by atoms with Crippen molar-refractivity contribution in [3.05, 3.63) is 60.0 Å². The van der Waals surface area contributed by atoms with Gasteiger partial charge in [-0.3, -0.25) is 0 Å². The first kappa shape index (κ1) is 26.1. The molecule has 1 heterocycles. The van der Waals surface area contributed by atoms with Crippen LogP contribution < -0.4 is 4.74 Å². The summed E-state index contributed by atoms with van der Waals surface area (Å²) in [7, 11) is 0. The maximum Gasteiger partial charge on any atom is 0.124 e. The van der Waals surface area contributed by atoms with Crippen LogP contribution in [0.5, 0.6) is 5.75 Å². The molecule has 6 heteroatoms. The summed E-state index contributed by atoms with van der Waals surface area (Å²) >= 11 is 1.68. The number of ether oxygens (including phenoxy) is 1. The highest BCUT2D eigenvalue weighted by atomic mass is 35.5. The van der Waals surface area contributed by atoms with Gasteiger partial charge in [-0.25, -0.2) is 4.98 Å². The second kappa shape index (κ2) is 14.1. The SMILES string of the molecule is CCCN(CCC)CCCOc1ccc(-c2csc(-c3ccccc3)n2)cc1.Cl.O. The van der Waals surface area contributed by atoms with E-state index in [0.717, 1.165) is 41.6 Å². The molecule has 0 fully saturated rings. The van der Waals surface area contributed by atoms with Gasteiger partial charge in [-0.15, -0.1) is 23.7 Å². The Hall–Kier alpha value is -1.92. The Bertz CT molecular complexity index is 819.